The van der Waals surface area contributed by atoms with Gasteiger partial charge < -0.3 is 10.4 Å². The Balaban J connectivity index is 2.49. The quantitative estimate of drug-likeness (QED) is 0.659. The van der Waals surface area contributed by atoms with Gasteiger partial charge in [-0.15, -0.1) is 0 Å². The molecule has 0 radical (unpaired) electrons. The van der Waals surface area contributed by atoms with E-state index in [0.29, 0.717) is 0 Å². The molecule has 9 heteroatoms. The lowest BCUT2D eigenvalue weighted by Crippen LogP contribution is -2.39. The average Bonchev–Trinajstić information content (AvgIpc) is 2.38. The van der Waals surface area contributed by atoms with E-state index in [4.69, 9.17) is 5.11 Å². The van der Waals surface area contributed by atoms with Gasteiger partial charge in [0.2, 0.25) is 15.9 Å². The van der Waals surface area contributed by atoms with Crippen LogP contribution in [0.15, 0.2) is 29.2 Å². The van der Waals surface area contributed by atoms with Crippen LogP contribution in [0.3, 0.4) is 0 Å². The fraction of sp³-hybridized carbons (Fsp3) is 0.333. The fourth-order valence-corrected chi connectivity index (χ4v) is 2.40. The number of carboxylic acid groups (broad SMARTS) is 1. The fourth-order valence-electron chi connectivity index (χ4n) is 1.37. The summed E-state index contributed by atoms with van der Waals surface area (Å²) in [5.74, 6) is -2.34. The van der Waals surface area contributed by atoms with Gasteiger partial charge >= 0.3 is 5.97 Å². The third kappa shape index (κ3) is 5.48. The van der Waals surface area contributed by atoms with Crippen molar-refractivity contribution < 1.29 is 27.5 Å². The predicted octanol–water partition coefficient (Wildman–Crippen LogP) is 0.0834. The van der Waals surface area contributed by atoms with Crippen molar-refractivity contribution >= 4 is 21.9 Å². The van der Waals surface area contributed by atoms with Gasteiger partial charge in [0.1, 0.15) is 11.9 Å². The molecule has 0 saturated carbocycles. The molecule has 0 bridgehead atoms. The predicted molar refractivity (Wildman–Crippen MR) is 71.4 cm³/mol. The molecule has 0 fully saturated rings. The number of rotatable bonds is 7. The summed E-state index contributed by atoms with van der Waals surface area (Å²) in [4.78, 5) is 21.8. The molecule has 1 aromatic carbocycles. The third-order valence-corrected chi connectivity index (χ3v) is 3.99. The zero-order valence-corrected chi connectivity index (χ0v) is 12.0. The van der Waals surface area contributed by atoms with Crippen molar-refractivity contribution in [3.63, 3.8) is 0 Å². The first-order valence-corrected chi connectivity index (χ1v) is 7.48. The van der Waals surface area contributed by atoms with Gasteiger partial charge in [-0.2, -0.15) is 0 Å². The molecule has 0 aliphatic rings. The summed E-state index contributed by atoms with van der Waals surface area (Å²) in [6.07, 6.45) is -0.210. The van der Waals surface area contributed by atoms with Crippen LogP contribution in [0.25, 0.3) is 0 Å². The molecule has 0 spiro atoms. The van der Waals surface area contributed by atoms with E-state index in [-0.39, 0.29) is 17.9 Å². The first-order chi connectivity index (χ1) is 9.72. The van der Waals surface area contributed by atoms with Crippen molar-refractivity contribution in [2.24, 2.45) is 0 Å². The van der Waals surface area contributed by atoms with Crippen LogP contribution in [-0.2, 0) is 19.6 Å². The van der Waals surface area contributed by atoms with Crippen molar-refractivity contribution in [1.82, 2.24) is 10.0 Å². The number of carbonyl (C=O) groups excluding carboxylic acids is 1. The maximum atomic E-state index is 12.7. The minimum atomic E-state index is -3.83. The van der Waals surface area contributed by atoms with E-state index < -0.39 is 33.8 Å². The average molecular weight is 318 g/mol. The summed E-state index contributed by atoms with van der Waals surface area (Å²) in [6, 6.07) is 3.17. The van der Waals surface area contributed by atoms with Crippen molar-refractivity contribution in [2.45, 2.75) is 24.3 Å². The summed E-state index contributed by atoms with van der Waals surface area (Å²) in [5.41, 5.74) is 0. The molecular weight excluding hydrogens is 303 g/mol. The molecule has 1 rings (SSSR count). The van der Waals surface area contributed by atoms with Crippen LogP contribution >= 0.6 is 0 Å². The lowest BCUT2D eigenvalue weighted by molar-refractivity contribution is -0.141. The van der Waals surface area contributed by atoms with Gasteiger partial charge in [-0.05, 0) is 31.2 Å². The maximum absolute atomic E-state index is 12.7. The zero-order valence-electron chi connectivity index (χ0n) is 11.2. The van der Waals surface area contributed by atoms with Crippen LogP contribution in [0.1, 0.15) is 13.3 Å². The monoisotopic (exact) mass is 318 g/mol. The minimum absolute atomic E-state index is 0.122. The van der Waals surface area contributed by atoms with E-state index >= 15 is 0 Å². The lowest BCUT2D eigenvalue weighted by Gasteiger charge is -2.10. The Morgan fingerprint density at radius 3 is 2.38 bits per heavy atom. The molecule has 0 heterocycles. The maximum Gasteiger partial charge on any atom is 0.325 e. The van der Waals surface area contributed by atoms with Gasteiger partial charge in [-0.3, -0.25) is 9.59 Å². The van der Waals surface area contributed by atoms with Crippen LogP contribution in [-0.4, -0.2) is 38.0 Å². The number of halogens is 1. The van der Waals surface area contributed by atoms with Gasteiger partial charge in [0.15, 0.2) is 0 Å². The Kier molecular flexibility index (Phi) is 5.79. The first kappa shape index (κ1) is 17.1. The number of sulfonamides is 1. The highest BCUT2D eigenvalue weighted by Crippen LogP contribution is 2.09. The molecule has 0 aromatic heterocycles. The summed E-state index contributed by atoms with van der Waals surface area (Å²) in [5, 5.41) is 10.8. The van der Waals surface area contributed by atoms with Gasteiger partial charge in [-0.25, -0.2) is 17.5 Å². The molecule has 21 heavy (non-hydrogen) atoms. The highest BCUT2D eigenvalue weighted by atomic mass is 32.2. The second-order valence-electron chi connectivity index (χ2n) is 4.23. The van der Waals surface area contributed by atoms with Gasteiger partial charge in [0.25, 0.3) is 0 Å². The molecule has 0 aliphatic heterocycles. The molecular formula is C12H15FN2O5S. The number of nitrogens with one attached hydrogen (secondary N) is 2. The highest BCUT2D eigenvalue weighted by Gasteiger charge is 2.16. The first-order valence-electron chi connectivity index (χ1n) is 6.00. The normalized spacial score (nSPS) is 12.7. The van der Waals surface area contributed by atoms with E-state index in [1.54, 1.807) is 0 Å². The molecule has 116 valence electrons. The van der Waals surface area contributed by atoms with E-state index in [0.717, 1.165) is 24.3 Å². The lowest BCUT2D eigenvalue weighted by atomic mass is 10.3. The number of benzene rings is 1. The Labute approximate surface area is 121 Å². The molecule has 0 unspecified atom stereocenters. The summed E-state index contributed by atoms with van der Waals surface area (Å²) >= 11 is 0. The Hall–Kier alpha value is -2.00. The molecule has 0 aliphatic carbocycles. The van der Waals surface area contributed by atoms with E-state index in [2.05, 4.69) is 10.0 Å². The van der Waals surface area contributed by atoms with Crippen LogP contribution in [0.2, 0.25) is 0 Å². The Bertz CT molecular complexity index is 615. The van der Waals surface area contributed by atoms with E-state index in [1.807, 2.05) is 0 Å². The number of carboxylic acids is 1. The smallest absolute Gasteiger partial charge is 0.325 e. The number of amides is 1. The largest absolute Gasteiger partial charge is 0.480 e. The summed E-state index contributed by atoms with van der Waals surface area (Å²) in [6.45, 7) is 1.10. The second kappa shape index (κ2) is 7.14. The molecule has 7 nitrogen and oxygen atoms in total. The highest BCUT2D eigenvalue weighted by molar-refractivity contribution is 7.89. The summed E-state index contributed by atoms with van der Waals surface area (Å²) < 4.78 is 38.5. The van der Waals surface area contributed by atoms with Crippen molar-refractivity contribution in [3.8, 4) is 0 Å². The summed E-state index contributed by atoms with van der Waals surface area (Å²) in [7, 11) is -3.83. The number of hydrogen-bond donors (Lipinski definition) is 3. The molecule has 0 saturated heterocycles. The van der Waals surface area contributed by atoms with Crippen LogP contribution in [0.5, 0.6) is 0 Å². The van der Waals surface area contributed by atoms with Crippen molar-refractivity contribution in [2.75, 3.05) is 6.54 Å². The van der Waals surface area contributed by atoms with Crippen molar-refractivity contribution in [1.29, 1.82) is 0 Å². The topological polar surface area (TPSA) is 113 Å². The Morgan fingerprint density at radius 2 is 1.86 bits per heavy atom. The van der Waals surface area contributed by atoms with E-state index in [9.17, 15) is 22.4 Å². The minimum Gasteiger partial charge on any atom is -0.480 e. The van der Waals surface area contributed by atoms with Gasteiger partial charge in [-0.1, -0.05) is 0 Å². The van der Waals surface area contributed by atoms with Crippen LogP contribution in [0.4, 0.5) is 4.39 Å². The SMILES string of the molecule is C[C@H](NC(=O)CCNS(=O)(=O)c1ccc(F)cc1)C(=O)O. The number of carbonyl (C=O) groups is 2. The zero-order chi connectivity index (χ0) is 16.0. The van der Waals surface area contributed by atoms with Gasteiger partial charge in [0.05, 0.1) is 4.90 Å². The molecule has 3 N–H and O–H groups in total. The standard InChI is InChI=1S/C12H15FN2O5S/c1-8(12(17)18)15-11(16)6-7-14-21(19,20)10-4-2-9(13)3-5-10/h2-5,8,14H,6-7H2,1H3,(H,15,16)(H,17,18)/t8-/m0/s1. The van der Waals surface area contributed by atoms with Crippen molar-refractivity contribution in [3.05, 3.63) is 30.1 Å². The van der Waals surface area contributed by atoms with E-state index in [1.165, 1.54) is 6.92 Å². The van der Waals surface area contributed by atoms with Crippen LogP contribution < -0.4 is 10.0 Å². The number of hydrogen-bond acceptors (Lipinski definition) is 4. The third-order valence-electron chi connectivity index (χ3n) is 2.52. The molecule has 1 amide bonds. The molecule has 1 aromatic rings. The Morgan fingerprint density at radius 1 is 1.29 bits per heavy atom. The van der Waals surface area contributed by atoms with Gasteiger partial charge in [0, 0.05) is 13.0 Å². The second-order valence-corrected chi connectivity index (χ2v) is 6.00. The number of aliphatic carboxylic acids is 1. The molecule has 1 atom stereocenters. The van der Waals surface area contributed by atoms with Crippen LogP contribution in [0, 0.1) is 5.82 Å².